The fraction of sp³-hybridized carbons (Fsp3) is 0.438. The number of fused-ring (bicyclic) bond motifs is 1. The third-order valence-electron chi connectivity index (χ3n) is 3.31. The Kier molecular flexibility index (Phi) is 7.37. The third kappa shape index (κ3) is 4.73. The Balaban J connectivity index is 0.000000550. The second-order valence-electron chi connectivity index (χ2n) is 5.53. The van der Waals surface area contributed by atoms with Gasteiger partial charge in [-0.05, 0) is 41.0 Å². The van der Waals surface area contributed by atoms with Crippen molar-refractivity contribution in [3.63, 3.8) is 0 Å². The van der Waals surface area contributed by atoms with Crippen LogP contribution >= 0.6 is 17.0 Å². The number of allylic oxidation sites excluding steroid dienone is 1. The maximum atomic E-state index is 4.93. The Morgan fingerprint density at radius 3 is 2.05 bits per heavy atom. The Hall–Kier alpha value is 0.423. The van der Waals surface area contributed by atoms with Crippen molar-refractivity contribution in [1.82, 2.24) is 0 Å². The van der Waals surface area contributed by atoms with Crippen LogP contribution in [0.2, 0.25) is 0 Å². The summed E-state index contributed by atoms with van der Waals surface area (Å²) in [5.41, 5.74) is 7.18. The van der Waals surface area contributed by atoms with Crippen molar-refractivity contribution in [1.29, 1.82) is 0 Å². The molecule has 0 amide bonds. The van der Waals surface area contributed by atoms with Crippen LogP contribution < -0.4 is 0 Å². The van der Waals surface area contributed by atoms with Crippen LogP contribution in [0.4, 0.5) is 0 Å². The molecule has 103 valence electrons. The molecular formula is C16H21Cl2Zr. The van der Waals surface area contributed by atoms with Crippen LogP contribution in [-0.4, -0.2) is 0 Å². The van der Waals surface area contributed by atoms with Crippen LogP contribution in [0.3, 0.4) is 0 Å². The van der Waals surface area contributed by atoms with E-state index < -0.39 is 20.8 Å². The summed E-state index contributed by atoms with van der Waals surface area (Å²) in [5.74, 6) is 1.21. The molecule has 0 heterocycles. The second kappa shape index (κ2) is 8.01. The van der Waals surface area contributed by atoms with E-state index in [2.05, 4.69) is 59.2 Å². The van der Waals surface area contributed by atoms with Crippen molar-refractivity contribution in [2.45, 2.75) is 46.5 Å². The molecule has 3 heteroatoms. The molecule has 1 radical (unpaired) electrons. The first-order chi connectivity index (χ1) is 8.90. The van der Waals surface area contributed by atoms with Gasteiger partial charge in [0.05, 0.1) is 0 Å². The van der Waals surface area contributed by atoms with Gasteiger partial charge in [0, 0.05) is 6.42 Å². The van der Waals surface area contributed by atoms with Crippen LogP contribution in [0.15, 0.2) is 17.7 Å². The predicted molar refractivity (Wildman–Crippen MR) is 83.4 cm³/mol. The summed E-state index contributed by atoms with van der Waals surface area (Å²) in [4.78, 5) is 0. The van der Waals surface area contributed by atoms with Crippen molar-refractivity contribution in [2.24, 2.45) is 0 Å². The molecular weight excluding hydrogens is 354 g/mol. The molecule has 19 heavy (non-hydrogen) atoms. The number of hydrogen-bond acceptors (Lipinski definition) is 0. The van der Waals surface area contributed by atoms with E-state index in [1.807, 2.05) is 0 Å². The van der Waals surface area contributed by atoms with Gasteiger partial charge in [0.1, 0.15) is 0 Å². The van der Waals surface area contributed by atoms with E-state index in [4.69, 9.17) is 17.0 Å². The van der Waals surface area contributed by atoms with Gasteiger partial charge in [0.25, 0.3) is 0 Å². The van der Waals surface area contributed by atoms with Crippen molar-refractivity contribution < 1.29 is 20.8 Å². The molecule has 0 fully saturated rings. The number of hydrogen-bond donors (Lipinski definition) is 0. The summed E-state index contributed by atoms with van der Waals surface area (Å²) < 4.78 is 0. The third-order valence-corrected chi connectivity index (χ3v) is 3.31. The number of halogens is 2. The van der Waals surface area contributed by atoms with Crippen molar-refractivity contribution >= 4 is 23.1 Å². The summed E-state index contributed by atoms with van der Waals surface area (Å²) in [5, 5.41) is 0. The molecule has 0 saturated carbocycles. The first-order valence-electron chi connectivity index (χ1n) is 6.57. The average Bonchev–Trinajstić information content (AvgIpc) is 2.68. The van der Waals surface area contributed by atoms with Gasteiger partial charge in [-0.15, -0.1) is 0 Å². The predicted octanol–water partition coefficient (Wildman–Crippen LogP) is 6.28. The fourth-order valence-corrected chi connectivity index (χ4v) is 2.33. The minimum absolute atomic E-state index is 0.600. The van der Waals surface area contributed by atoms with Gasteiger partial charge in [0.15, 0.2) is 0 Å². The number of rotatable bonds is 2. The van der Waals surface area contributed by atoms with E-state index in [1.165, 1.54) is 27.8 Å². The molecule has 0 N–H and O–H groups in total. The molecule has 0 atom stereocenters. The minimum atomic E-state index is -0.826. The Bertz CT molecular complexity index is 462. The Morgan fingerprint density at radius 1 is 1.00 bits per heavy atom. The molecule has 1 aromatic carbocycles. The quantitative estimate of drug-likeness (QED) is 0.571. The maximum absolute atomic E-state index is 4.93. The first-order valence-corrected chi connectivity index (χ1v) is 12.9. The van der Waals surface area contributed by atoms with Crippen molar-refractivity contribution in [3.05, 3.63) is 46.4 Å². The van der Waals surface area contributed by atoms with Crippen LogP contribution in [0.25, 0.3) is 6.08 Å². The van der Waals surface area contributed by atoms with Gasteiger partial charge in [-0.25, -0.2) is 0 Å². The van der Waals surface area contributed by atoms with Gasteiger partial charge >= 0.3 is 37.9 Å². The summed E-state index contributed by atoms with van der Waals surface area (Å²) in [6.45, 7) is 11.3. The van der Waals surface area contributed by atoms with Crippen molar-refractivity contribution in [3.8, 4) is 0 Å². The fourth-order valence-electron chi connectivity index (χ4n) is 2.33. The zero-order chi connectivity index (χ0) is 14.6. The van der Waals surface area contributed by atoms with Gasteiger partial charge in [-0.3, -0.25) is 0 Å². The zero-order valence-electron chi connectivity index (χ0n) is 12.2. The molecule has 0 aromatic heterocycles. The molecule has 1 aliphatic carbocycles. The summed E-state index contributed by atoms with van der Waals surface area (Å²) in [6, 6.07) is 4.73. The van der Waals surface area contributed by atoms with Crippen LogP contribution in [0.1, 0.15) is 68.7 Å². The number of benzene rings is 1. The second-order valence-corrected chi connectivity index (χ2v) is 9.26. The normalized spacial score (nSPS) is 13.0. The molecule has 2 rings (SSSR count). The van der Waals surface area contributed by atoms with Gasteiger partial charge in [0.2, 0.25) is 0 Å². The molecule has 0 unspecified atom stereocenters. The topological polar surface area (TPSA) is 0 Å². The molecule has 0 bridgehead atoms. The zero-order valence-corrected chi connectivity index (χ0v) is 16.2. The Morgan fingerprint density at radius 2 is 1.58 bits per heavy atom. The van der Waals surface area contributed by atoms with Gasteiger partial charge in [-0.1, -0.05) is 51.5 Å². The van der Waals surface area contributed by atoms with E-state index in [0.29, 0.717) is 11.8 Å². The van der Waals surface area contributed by atoms with E-state index in [-0.39, 0.29) is 0 Å². The van der Waals surface area contributed by atoms with Gasteiger partial charge in [-0.2, -0.15) is 0 Å². The van der Waals surface area contributed by atoms with Crippen LogP contribution in [0.5, 0.6) is 0 Å². The molecule has 0 saturated heterocycles. The summed E-state index contributed by atoms with van der Waals surface area (Å²) >= 11 is -0.826. The molecule has 0 aliphatic heterocycles. The van der Waals surface area contributed by atoms with E-state index in [0.717, 1.165) is 0 Å². The van der Waals surface area contributed by atoms with Gasteiger partial charge < -0.3 is 0 Å². The monoisotopic (exact) mass is 373 g/mol. The van der Waals surface area contributed by atoms with E-state index in [9.17, 15) is 0 Å². The molecule has 0 nitrogen and oxygen atoms in total. The van der Waals surface area contributed by atoms with Crippen molar-refractivity contribution in [2.75, 3.05) is 0 Å². The van der Waals surface area contributed by atoms with E-state index in [1.54, 1.807) is 0 Å². The van der Waals surface area contributed by atoms with Crippen LogP contribution in [0, 0.1) is 6.42 Å². The Labute approximate surface area is 136 Å². The van der Waals surface area contributed by atoms with Crippen LogP contribution in [-0.2, 0) is 20.8 Å². The molecule has 1 aliphatic rings. The SMILES string of the molecule is CC1=Cc2c(cc(C(C)C)cc2C(C)C)[CH]1.[Cl][Zr][Cl]. The van der Waals surface area contributed by atoms with E-state index >= 15 is 0 Å². The molecule has 1 aromatic rings. The standard InChI is InChI=1S/C16H21.2ClH.Zr/c1-10(2)13-8-14-6-12(5)7-16(14)15(9-13)11(3)4;;;/h6-11H,1-5H3;2*1H;/q;;;+2/p-2. The average molecular weight is 375 g/mol. The first kappa shape index (κ1) is 17.5. The summed E-state index contributed by atoms with van der Waals surface area (Å²) in [6.07, 6.45) is 4.61. The summed E-state index contributed by atoms with van der Waals surface area (Å²) in [7, 11) is 9.87. The molecule has 0 spiro atoms.